The maximum Gasteiger partial charge on any atom is 0.347 e. The number of benzene rings is 1. The van der Waals surface area contributed by atoms with Gasteiger partial charge < -0.3 is 9.15 Å². The first kappa shape index (κ1) is 12.7. The van der Waals surface area contributed by atoms with Gasteiger partial charge in [-0.25, -0.2) is 9.59 Å². The lowest BCUT2D eigenvalue weighted by atomic mass is 10.1. The summed E-state index contributed by atoms with van der Waals surface area (Å²) in [6, 6.07) is 5.46. The summed E-state index contributed by atoms with van der Waals surface area (Å²) in [7, 11) is 1.24. The Bertz CT molecular complexity index is 740. The molecule has 0 saturated carbocycles. The second-order valence-electron chi connectivity index (χ2n) is 3.67. The highest BCUT2D eigenvalue weighted by Gasteiger charge is 2.14. The van der Waals surface area contributed by atoms with Crippen molar-refractivity contribution in [3.05, 3.63) is 45.8 Å². The van der Waals surface area contributed by atoms with Crippen LogP contribution < -0.4 is 5.63 Å². The number of rotatable bonds is 3. The molecule has 1 aromatic carbocycles. The van der Waals surface area contributed by atoms with E-state index < -0.39 is 17.4 Å². The predicted octanol–water partition coefficient (Wildman–Crippen LogP) is 0.961. The van der Waals surface area contributed by atoms with Crippen molar-refractivity contribution in [3.8, 4) is 0 Å². The molecule has 6 heteroatoms. The van der Waals surface area contributed by atoms with E-state index in [1.54, 1.807) is 0 Å². The Hall–Kier alpha value is -2.76. The van der Waals surface area contributed by atoms with Crippen molar-refractivity contribution in [2.45, 2.75) is 0 Å². The molecule has 0 unspecified atom stereocenters. The number of carbonyl (C=O) groups is 3. The van der Waals surface area contributed by atoms with E-state index in [1.165, 1.54) is 31.4 Å². The Morgan fingerprint density at radius 1 is 1.26 bits per heavy atom. The zero-order valence-electron chi connectivity index (χ0n) is 9.84. The van der Waals surface area contributed by atoms with Crippen LogP contribution in [0.15, 0.2) is 33.5 Å². The normalized spacial score (nSPS) is 10.2. The third-order valence-corrected chi connectivity index (χ3v) is 2.53. The fourth-order valence-corrected chi connectivity index (χ4v) is 1.60. The molecule has 0 spiro atoms. The van der Waals surface area contributed by atoms with Crippen LogP contribution in [0.2, 0.25) is 0 Å². The van der Waals surface area contributed by atoms with Gasteiger partial charge in [-0.3, -0.25) is 9.59 Å². The topological polar surface area (TPSA) is 90.7 Å². The summed E-state index contributed by atoms with van der Waals surface area (Å²) >= 11 is 0. The minimum atomic E-state index is -0.973. The second kappa shape index (κ2) is 4.85. The number of Topliss-reactive ketones (excluding diaryl/α,β-unsaturated/α-hetero) is 1. The molecule has 19 heavy (non-hydrogen) atoms. The molecular formula is C13H8O6. The number of aldehydes is 1. The molecule has 0 aliphatic heterocycles. The molecule has 1 heterocycles. The predicted molar refractivity (Wildman–Crippen MR) is 64.2 cm³/mol. The molecule has 0 bridgehead atoms. The Labute approximate surface area is 106 Å². The number of carbonyl (C=O) groups excluding carboxylic acids is 3. The largest absolute Gasteiger partial charge is 0.465 e. The van der Waals surface area contributed by atoms with Gasteiger partial charge in [-0.1, -0.05) is 0 Å². The van der Waals surface area contributed by atoms with Crippen molar-refractivity contribution in [3.63, 3.8) is 0 Å². The maximum absolute atomic E-state index is 11.5. The molecule has 2 aromatic rings. The van der Waals surface area contributed by atoms with E-state index >= 15 is 0 Å². The fraction of sp³-hybridized carbons (Fsp3) is 0.0769. The first-order chi connectivity index (χ1) is 9.06. The van der Waals surface area contributed by atoms with Crippen molar-refractivity contribution in [1.29, 1.82) is 0 Å². The van der Waals surface area contributed by atoms with Gasteiger partial charge in [0.15, 0.2) is 6.29 Å². The number of hydrogen-bond donors (Lipinski definition) is 0. The number of hydrogen-bond acceptors (Lipinski definition) is 6. The number of ketones is 1. The van der Waals surface area contributed by atoms with Gasteiger partial charge in [0, 0.05) is 5.39 Å². The summed E-state index contributed by atoms with van der Waals surface area (Å²) in [6.45, 7) is 0. The van der Waals surface area contributed by atoms with Crippen molar-refractivity contribution in [2.75, 3.05) is 7.11 Å². The van der Waals surface area contributed by atoms with Crippen molar-refractivity contribution < 1.29 is 23.5 Å². The molecule has 0 aliphatic carbocycles. The summed E-state index contributed by atoms with van der Waals surface area (Å²) in [6.07, 6.45) is 0.0300. The lowest BCUT2D eigenvalue weighted by molar-refractivity contribution is -0.104. The summed E-state index contributed by atoms with van der Waals surface area (Å²) in [4.78, 5) is 44.5. The van der Waals surface area contributed by atoms with Crippen LogP contribution in [-0.4, -0.2) is 25.1 Å². The van der Waals surface area contributed by atoms with Crippen LogP contribution in [-0.2, 0) is 9.53 Å². The van der Waals surface area contributed by atoms with Crippen LogP contribution in [0.5, 0.6) is 0 Å². The van der Waals surface area contributed by atoms with Crippen LogP contribution in [0.4, 0.5) is 0 Å². The average Bonchev–Trinajstić information content (AvgIpc) is 2.44. The van der Waals surface area contributed by atoms with Crippen LogP contribution >= 0.6 is 0 Å². The smallest absolute Gasteiger partial charge is 0.347 e. The molecule has 0 atom stereocenters. The summed E-state index contributed by atoms with van der Waals surface area (Å²) in [5.41, 5.74) is -0.812. The first-order valence-corrected chi connectivity index (χ1v) is 5.22. The van der Waals surface area contributed by atoms with Gasteiger partial charge in [-0.05, 0) is 24.3 Å². The summed E-state index contributed by atoms with van der Waals surface area (Å²) in [5, 5.41) is 0.354. The lowest BCUT2D eigenvalue weighted by Crippen LogP contribution is -2.14. The highest BCUT2D eigenvalue weighted by atomic mass is 16.5. The lowest BCUT2D eigenvalue weighted by Gasteiger charge is -2.02. The maximum atomic E-state index is 11.5. The molecule has 0 N–H and O–H groups in total. The molecule has 0 saturated heterocycles. The average molecular weight is 260 g/mol. The van der Waals surface area contributed by atoms with Gasteiger partial charge in [-0.15, -0.1) is 0 Å². The monoisotopic (exact) mass is 260 g/mol. The molecule has 0 radical (unpaired) electrons. The Morgan fingerprint density at radius 3 is 2.63 bits per heavy atom. The van der Waals surface area contributed by atoms with Crippen molar-refractivity contribution in [1.82, 2.24) is 0 Å². The molecule has 2 rings (SSSR count). The third kappa shape index (κ3) is 2.28. The van der Waals surface area contributed by atoms with E-state index in [4.69, 9.17) is 4.42 Å². The molecule has 6 nitrogen and oxygen atoms in total. The zero-order valence-corrected chi connectivity index (χ0v) is 9.84. The standard InChI is InChI=1S/C13H8O6/c1-18-12(16)7-2-3-11-8(4-7)5-9(10(15)6-14)13(17)19-11/h2-6H,1H3. The Morgan fingerprint density at radius 2 is 2.00 bits per heavy atom. The summed E-state index contributed by atoms with van der Waals surface area (Å²) in [5.74, 6) is -1.53. The van der Waals surface area contributed by atoms with Crippen LogP contribution in [0.3, 0.4) is 0 Å². The van der Waals surface area contributed by atoms with E-state index in [2.05, 4.69) is 4.74 Å². The minimum absolute atomic E-state index is 0.0300. The fourth-order valence-electron chi connectivity index (χ4n) is 1.60. The number of ether oxygens (including phenoxy) is 1. The van der Waals surface area contributed by atoms with Crippen molar-refractivity contribution in [2.24, 2.45) is 0 Å². The molecule has 0 fully saturated rings. The van der Waals surface area contributed by atoms with Gasteiger partial charge in [0.2, 0.25) is 5.78 Å². The quantitative estimate of drug-likeness (QED) is 0.268. The molecule has 0 amide bonds. The van der Waals surface area contributed by atoms with Crippen LogP contribution in [0.1, 0.15) is 20.7 Å². The Kier molecular flexibility index (Phi) is 3.24. The number of fused-ring (bicyclic) bond motifs is 1. The molecule has 96 valence electrons. The van der Waals surface area contributed by atoms with Crippen molar-refractivity contribution >= 4 is 29.0 Å². The molecular weight excluding hydrogens is 252 g/mol. The zero-order chi connectivity index (χ0) is 14.0. The van der Waals surface area contributed by atoms with Gasteiger partial charge in [0.25, 0.3) is 0 Å². The van der Waals surface area contributed by atoms with Gasteiger partial charge in [0.1, 0.15) is 11.1 Å². The highest BCUT2D eigenvalue weighted by Crippen LogP contribution is 2.16. The Balaban J connectivity index is 2.68. The van der Waals surface area contributed by atoms with E-state index in [9.17, 15) is 19.2 Å². The SMILES string of the molecule is COC(=O)c1ccc2oc(=O)c(C(=O)C=O)cc2c1. The van der Waals surface area contributed by atoms with Gasteiger partial charge in [0.05, 0.1) is 12.7 Å². The minimum Gasteiger partial charge on any atom is -0.465 e. The van der Waals surface area contributed by atoms with Crippen LogP contribution in [0.25, 0.3) is 11.0 Å². The van der Waals surface area contributed by atoms with E-state index in [-0.39, 0.29) is 23.0 Å². The van der Waals surface area contributed by atoms with Gasteiger partial charge in [-0.2, -0.15) is 0 Å². The van der Waals surface area contributed by atoms with E-state index in [1.807, 2.05) is 0 Å². The first-order valence-electron chi connectivity index (χ1n) is 5.22. The number of esters is 1. The van der Waals surface area contributed by atoms with Gasteiger partial charge >= 0.3 is 11.6 Å². The highest BCUT2D eigenvalue weighted by molar-refractivity contribution is 6.33. The summed E-state index contributed by atoms with van der Waals surface area (Å²) < 4.78 is 9.45. The van der Waals surface area contributed by atoms with E-state index in [0.29, 0.717) is 5.39 Å². The molecule has 0 aliphatic rings. The van der Waals surface area contributed by atoms with Crippen LogP contribution in [0, 0.1) is 0 Å². The second-order valence-corrected chi connectivity index (χ2v) is 3.67. The number of methoxy groups -OCH3 is 1. The third-order valence-electron chi connectivity index (χ3n) is 2.53. The van der Waals surface area contributed by atoms with E-state index in [0.717, 1.165) is 0 Å². The molecule has 1 aromatic heterocycles.